The minimum atomic E-state index is -0.597. The Balaban J connectivity index is 2.57. The number of rotatable bonds is 2. The zero-order chi connectivity index (χ0) is 14.9. The van der Waals surface area contributed by atoms with Gasteiger partial charge < -0.3 is 16.0 Å². The van der Waals surface area contributed by atoms with Crippen LogP contribution in [0.2, 0.25) is 0 Å². The molecule has 1 aliphatic heterocycles. The summed E-state index contributed by atoms with van der Waals surface area (Å²) in [6.45, 7) is 0. The third-order valence-electron chi connectivity index (χ3n) is 3.15. The first-order valence-corrected chi connectivity index (χ1v) is 7.21. The van der Waals surface area contributed by atoms with Gasteiger partial charge >= 0.3 is 0 Å². The second-order valence-corrected chi connectivity index (χ2v) is 6.05. The van der Waals surface area contributed by atoms with Gasteiger partial charge in [0.05, 0.1) is 22.5 Å². The number of amides is 1. The Morgan fingerprint density at radius 2 is 2.30 bits per heavy atom. The van der Waals surface area contributed by atoms with Gasteiger partial charge in [0.15, 0.2) is 0 Å². The largest absolute Gasteiger partial charge is 0.384 e. The van der Waals surface area contributed by atoms with Crippen LogP contribution in [0.3, 0.4) is 0 Å². The summed E-state index contributed by atoms with van der Waals surface area (Å²) in [5.74, 6) is -0.913. The quantitative estimate of drug-likeness (QED) is 0.801. The number of allylic oxidation sites excluding steroid dienone is 1. The van der Waals surface area contributed by atoms with Crippen molar-refractivity contribution in [2.75, 3.05) is 14.1 Å². The molecule has 0 aromatic carbocycles. The molecule has 20 heavy (non-hydrogen) atoms. The van der Waals surface area contributed by atoms with Crippen LogP contribution in [0.15, 0.2) is 28.9 Å². The molecule has 2 atom stereocenters. The summed E-state index contributed by atoms with van der Waals surface area (Å²) >= 11 is 6.76. The van der Waals surface area contributed by atoms with E-state index in [1.54, 1.807) is 14.1 Å². The average Bonchev–Trinajstić information content (AvgIpc) is 2.90. The lowest BCUT2D eigenvalue weighted by molar-refractivity contribution is -0.131. The van der Waals surface area contributed by atoms with Gasteiger partial charge in [-0.25, -0.2) is 0 Å². The number of nitrogens with one attached hydrogen (secondary N) is 1. The lowest BCUT2D eigenvalue weighted by atomic mass is 9.81. The van der Waals surface area contributed by atoms with Gasteiger partial charge in [0.2, 0.25) is 5.91 Å². The van der Waals surface area contributed by atoms with Gasteiger partial charge in [-0.1, -0.05) is 18.3 Å². The van der Waals surface area contributed by atoms with Crippen molar-refractivity contribution >= 4 is 34.5 Å². The molecule has 3 N–H and O–H groups in total. The monoisotopic (exact) mass is 306 g/mol. The van der Waals surface area contributed by atoms with Crippen LogP contribution in [0.25, 0.3) is 0 Å². The van der Waals surface area contributed by atoms with E-state index >= 15 is 0 Å². The maximum atomic E-state index is 12.4. The molecule has 7 heteroatoms. The lowest BCUT2D eigenvalue weighted by Crippen LogP contribution is -2.48. The number of carbonyl (C=O) groups is 1. The van der Waals surface area contributed by atoms with E-state index in [1.807, 2.05) is 17.5 Å². The zero-order valence-electron chi connectivity index (χ0n) is 11.1. The molecule has 1 aromatic heterocycles. The van der Waals surface area contributed by atoms with Crippen LogP contribution in [-0.4, -0.2) is 29.9 Å². The van der Waals surface area contributed by atoms with Gasteiger partial charge in [-0.3, -0.25) is 4.79 Å². The van der Waals surface area contributed by atoms with E-state index in [2.05, 4.69) is 11.4 Å². The summed E-state index contributed by atoms with van der Waals surface area (Å²) < 4.78 is 0. The van der Waals surface area contributed by atoms with E-state index in [1.165, 1.54) is 16.2 Å². The van der Waals surface area contributed by atoms with Crippen LogP contribution in [0.1, 0.15) is 10.8 Å². The third kappa shape index (κ3) is 2.40. The van der Waals surface area contributed by atoms with Crippen LogP contribution >= 0.6 is 23.6 Å². The van der Waals surface area contributed by atoms with E-state index in [4.69, 9.17) is 18.0 Å². The molecule has 1 aromatic rings. The van der Waals surface area contributed by atoms with Gasteiger partial charge in [0, 0.05) is 19.0 Å². The van der Waals surface area contributed by atoms with E-state index in [0.717, 1.165) is 4.88 Å². The van der Waals surface area contributed by atoms with Crippen LogP contribution < -0.4 is 11.1 Å². The first-order chi connectivity index (χ1) is 9.47. The van der Waals surface area contributed by atoms with Crippen LogP contribution in [0, 0.1) is 17.2 Å². The van der Waals surface area contributed by atoms with Gasteiger partial charge in [0.1, 0.15) is 11.7 Å². The van der Waals surface area contributed by atoms with Crippen molar-refractivity contribution in [3.63, 3.8) is 0 Å². The molecule has 0 unspecified atom stereocenters. The molecule has 0 radical (unpaired) electrons. The summed E-state index contributed by atoms with van der Waals surface area (Å²) in [5, 5.41) is 14.1. The molecule has 0 saturated heterocycles. The summed E-state index contributed by atoms with van der Waals surface area (Å²) in [4.78, 5) is 15.2. The molecule has 0 bridgehead atoms. The molecule has 104 valence electrons. The fourth-order valence-corrected chi connectivity index (χ4v) is 3.42. The molecular weight excluding hydrogens is 292 g/mol. The minimum absolute atomic E-state index is 0.138. The standard InChI is InChI=1S/C13H14N4OS2/c1-17(2)13(18)10-9(8-4-3-5-20-8)7(6-14)11(15)16-12(10)19/h3-5,9-10H,15H2,1-2H3,(H,16,19)/t9-,10+/m0/s1. The first-order valence-electron chi connectivity index (χ1n) is 5.92. The minimum Gasteiger partial charge on any atom is -0.384 e. The number of hydrogen-bond acceptors (Lipinski definition) is 5. The molecule has 5 nitrogen and oxygen atoms in total. The second kappa shape index (κ2) is 5.61. The van der Waals surface area contributed by atoms with E-state index in [-0.39, 0.29) is 11.7 Å². The molecule has 2 heterocycles. The fourth-order valence-electron chi connectivity index (χ4n) is 2.20. The zero-order valence-corrected chi connectivity index (χ0v) is 12.7. The number of thiocarbonyl (C=S) groups is 1. The summed E-state index contributed by atoms with van der Waals surface area (Å²) in [6.07, 6.45) is 0. The van der Waals surface area contributed by atoms with Crippen molar-refractivity contribution in [1.29, 1.82) is 5.26 Å². The van der Waals surface area contributed by atoms with Crippen LogP contribution in [0.4, 0.5) is 0 Å². The summed E-state index contributed by atoms with van der Waals surface area (Å²) in [7, 11) is 3.34. The normalized spacial score (nSPS) is 22.1. The summed E-state index contributed by atoms with van der Waals surface area (Å²) in [6, 6.07) is 5.88. The molecule has 0 fully saturated rings. The van der Waals surface area contributed by atoms with E-state index in [9.17, 15) is 10.1 Å². The van der Waals surface area contributed by atoms with Crippen molar-refractivity contribution in [3.05, 3.63) is 33.8 Å². The topological polar surface area (TPSA) is 82.2 Å². The maximum Gasteiger partial charge on any atom is 0.233 e. The molecule has 2 rings (SSSR count). The average molecular weight is 306 g/mol. The van der Waals surface area contributed by atoms with Crippen molar-refractivity contribution in [1.82, 2.24) is 10.2 Å². The van der Waals surface area contributed by atoms with E-state index < -0.39 is 11.8 Å². The highest BCUT2D eigenvalue weighted by atomic mass is 32.1. The molecule has 0 saturated carbocycles. The van der Waals surface area contributed by atoms with Gasteiger partial charge in [0.25, 0.3) is 0 Å². The van der Waals surface area contributed by atoms with Crippen LogP contribution in [0.5, 0.6) is 0 Å². The van der Waals surface area contributed by atoms with E-state index in [0.29, 0.717) is 10.6 Å². The fraction of sp³-hybridized carbons (Fsp3) is 0.308. The Morgan fingerprint density at radius 1 is 1.60 bits per heavy atom. The lowest BCUT2D eigenvalue weighted by Gasteiger charge is -2.33. The predicted molar refractivity (Wildman–Crippen MR) is 81.8 cm³/mol. The van der Waals surface area contributed by atoms with Crippen molar-refractivity contribution < 1.29 is 4.79 Å². The number of carbonyl (C=O) groups excluding carboxylic acids is 1. The Morgan fingerprint density at radius 3 is 2.80 bits per heavy atom. The predicted octanol–water partition coefficient (Wildman–Crippen LogP) is 1.16. The molecule has 1 amide bonds. The van der Waals surface area contributed by atoms with Crippen molar-refractivity contribution in [3.8, 4) is 6.07 Å². The molecule has 0 aliphatic carbocycles. The van der Waals surface area contributed by atoms with Gasteiger partial charge in [-0.05, 0) is 11.4 Å². The van der Waals surface area contributed by atoms with Gasteiger partial charge in [-0.2, -0.15) is 5.26 Å². The number of nitriles is 1. The number of nitrogens with two attached hydrogens (primary N) is 1. The first kappa shape index (κ1) is 14.5. The molecular formula is C13H14N4OS2. The molecule has 1 aliphatic rings. The molecule has 0 spiro atoms. The summed E-state index contributed by atoms with van der Waals surface area (Å²) in [5.41, 5.74) is 6.22. The Bertz CT molecular complexity index is 613. The van der Waals surface area contributed by atoms with Crippen LogP contribution in [-0.2, 0) is 4.79 Å². The highest BCUT2D eigenvalue weighted by Crippen LogP contribution is 2.39. The SMILES string of the molecule is CN(C)C(=O)[C@H]1C(=S)NC(N)=C(C#N)[C@H]1c1cccs1. The highest BCUT2D eigenvalue weighted by Gasteiger charge is 2.41. The van der Waals surface area contributed by atoms with Crippen molar-refractivity contribution in [2.24, 2.45) is 11.7 Å². The third-order valence-corrected chi connectivity index (χ3v) is 4.46. The smallest absolute Gasteiger partial charge is 0.233 e. The van der Waals surface area contributed by atoms with Gasteiger partial charge in [-0.15, -0.1) is 11.3 Å². The number of nitrogens with zero attached hydrogens (tertiary/aromatic N) is 2. The Labute approximate surface area is 126 Å². The highest BCUT2D eigenvalue weighted by molar-refractivity contribution is 7.80. The number of thiophene rings is 1. The Hall–Kier alpha value is -1.91. The van der Waals surface area contributed by atoms with Crippen molar-refractivity contribution in [2.45, 2.75) is 5.92 Å². The maximum absolute atomic E-state index is 12.4. The second-order valence-electron chi connectivity index (χ2n) is 4.63. The Kier molecular flexibility index (Phi) is 4.06. The number of hydrogen-bond donors (Lipinski definition) is 2.